The summed E-state index contributed by atoms with van der Waals surface area (Å²) in [5.74, 6) is 1.42. The van der Waals surface area contributed by atoms with Gasteiger partial charge in [0.15, 0.2) is 11.5 Å². The fraction of sp³-hybridized carbons (Fsp3) is 0.485. The van der Waals surface area contributed by atoms with E-state index in [1.54, 1.807) is 16.7 Å². The summed E-state index contributed by atoms with van der Waals surface area (Å²) >= 11 is 0. The Balaban J connectivity index is 1.25. The summed E-state index contributed by atoms with van der Waals surface area (Å²) in [7, 11) is 0. The van der Waals surface area contributed by atoms with Gasteiger partial charge in [-0.1, -0.05) is 12.1 Å². The molecule has 0 spiro atoms. The van der Waals surface area contributed by atoms with Crippen LogP contribution < -0.4 is 25.7 Å². The topological polar surface area (TPSA) is 114 Å². The molecule has 0 bridgehead atoms. The van der Waals surface area contributed by atoms with Crippen LogP contribution in [0.5, 0.6) is 11.5 Å². The maximum absolute atomic E-state index is 13.4. The van der Waals surface area contributed by atoms with Crippen LogP contribution in [0.25, 0.3) is 10.9 Å². The number of rotatable bonds is 8. The Morgan fingerprint density at radius 2 is 1.75 bits per heavy atom. The first-order valence-corrected chi connectivity index (χ1v) is 15.4. The van der Waals surface area contributed by atoms with Gasteiger partial charge in [-0.2, -0.15) is 0 Å². The number of hydrogen-bond acceptors (Lipinski definition) is 7. The van der Waals surface area contributed by atoms with Gasteiger partial charge < -0.3 is 39.2 Å². The molecule has 2 aliphatic heterocycles. The van der Waals surface area contributed by atoms with Crippen molar-refractivity contribution in [2.75, 3.05) is 44.7 Å². The molecule has 2 aliphatic rings. The van der Waals surface area contributed by atoms with Crippen LogP contribution in [-0.4, -0.2) is 77.5 Å². The highest BCUT2D eigenvalue weighted by Gasteiger charge is 2.31. The molecule has 0 aliphatic carbocycles. The van der Waals surface area contributed by atoms with E-state index in [1.165, 1.54) is 0 Å². The molecule has 0 radical (unpaired) electrons. The second-order valence-electron chi connectivity index (χ2n) is 12.2. The standard InChI is InChI=1S/C33H43N5O6/c1-5-34-31(40)35-26-7-6-8-27-25(26)10-12-30(39)37(27)18-17-36-15-13-24(14-16-36)38(32(41)44-33(2,3)4)22-23-9-11-28-29(21-23)43-20-19-42-28/h6-12,21,24H,5,13-20,22H2,1-4H3,(H2,34,35,40). The zero-order valence-electron chi connectivity index (χ0n) is 26.1. The third kappa shape index (κ3) is 7.63. The van der Waals surface area contributed by atoms with Crippen molar-refractivity contribution in [3.63, 3.8) is 0 Å². The van der Waals surface area contributed by atoms with Crippen LogP contribution in [0.3, 0.4) is 0 Å². The third-order valence-corrected chi connectivity index (χ3v) is 7.84. The zero-order chi connectivity index (χ0) is 31.3. The lowest BCUT2D eigenvalue weighted by atomic mass is 10.0. The summed E-state index contributed by atoms with van der Waals surface area (Å²) in [4.78, 5) is 42.6. The van der Waals surface area contributed by atoms with Gasteiger partial charge in [0, 0.05) is 56.8 Å². The van der Waals surface area contributed by atoms with Crippen LogP contribution in [0.4, 0.5) is 15.3 Å². The van der Waals surface area contributed by atoms with Gasteiger partial charge in [-0.25, -0.2) is 9.59 Å². The average Bonchev–Trinajstić information content (AvgIpc) is 2.99. The Morgan fingerprint density at radius 1 is 1.00 bits per heavy atom. The minimum atomic E-state index is -0.607. The van der Waals surface area contributed by atoms with Gasteiger partial charge in [0.1, 0.15) is 18.8 Å². The summed E-state index contributed by atoms with van der Waals surface area (Å²) < 4.78 is 19.0. The van der Waals surface area contributed by atoms with E-state index in [9.17, 15) is 14.4 Å². The number of carbonyl (C=O) groups is 2. The SMILES string of the molecule is CCNC(=O)Nc1cccc2c1ccc(=O)n2CCN1CCC(N(Cc2ccc3c(c2)OCCO3)C(=O)OC(C)(C)C)CC1. The van der Waals surface area contributed by atoms with E-state index in [-0.39, 0.29) is 23.7 Å². The molecule has 3 heterocycles. The van der Waals surface area contributed by atoms with Gasteiger partial charge >= 0.3 is 12.1 Å². The van der Waals surface area contributed by atoms with Crippen molar-refractivity contribution in [1.82, 2.24) is 19.7 Å². The lowest BCUT2D eigenvalue weighted by molar-refractivity contribution is 0.00562. The van der Waals surface area contributed by atoms with Gasteiger partial charge in [-0.15, -0.1) is 0 Å². The number of fused-ring (bicyclic) bond motifs is 2. The van der Waals surface area contributed by atoms with Crippen molar-refractivity contribution in [3.05, 3.63) is 64.4 Å². The summed E-state index contributed by atoms with van der Waals surface area (Å²) in [6.45, 7) is 12.2. The minimum Gasteiger partial charge on any atom is -0.486 e. The quantitative estimate of drug-likeness (QED) is 0.379. The van der Waals surface area contributed by atoms with E-state index in [0.717, 1.165) is 48.1 Å². The lowest BCUT2D eigenvalue weighted by Gasteiger charge is -2.39. The Hall–Kier alpha value is -4.25. The average molecular weight is 606 g/mol. The normalized spacial score (nSPS) is 15.5. The number of urea groups is 1. The summed E-state index contributed by atoms with van der Waals surface area (Å²) in [6, 6.07) is 14.4. The molecule has 1 fully saturated rings. The number of carbonyl (C=O) groups excluding carboxylic acids is 2. The molecule has 1 saturated heterocycles. The van der Waals surface area contributed by atoms with E-state index in [0.29, 0.717) is 50.8 Å². The molecule has 2 aromatic carbocycles. The zero-order valence-corrected chi connectivity index (χ0v) is 26.1. The van der Waals surface area contributed by atoms with Crippen molar-refractivity contribution < 1.29 is 23.8 Å². The Kier molecular flexibility index (Phi) is 9.63. The highest BCUT2D eigenvalue weighted by Crippen LogP contribution is 2.32. The maximum atomic E-state index is 13.4. The molecule has 2 N–H and O–H groups in total. The molecule has 1 aromatic heterocycles. The second-order valence-corrected chi connectivity index (χ2v) is 12.2. The molecule has 0 atom stereocenters. The van der Waals surface area contributed by atoms with Crippen molar-refractivity contribution in [1.29, 1.82) is 0 Å². The molecule has 236 valence electrons. The summed E-state index contributed by atoms with van der Waals surface area (Å²) in [5, 5.41) is 6.43. The first-order valence-electron chi connectivity index (χ1n) is 15.4. The second kappa shape index (κ2) is 13.6. The molecule has 0 unspecified atom stereocenters. The van der Waals surface area contributed by atoms with Crippen LogP contribution in [0, 0.1) is 0 Å². The number of ether oxygens (including phenoxy) is 3. The number of aromatic nitrogens is 1. The molecule has 3 aromatic rings. The van der Waals surface area contributed by atoms with Crippen molar-refractivity contribution in [2.45, 2.75) is 65.3 Å². The summed E-state index contributed by atoms with van der Waals surface area (Å²) in [5.41, 5.74) is 1.70. The first-order chi connectivity index (χ1) is 21.1. The minimum absolute atomic E-state index is 0.0116. The first kappa shape index (κ1) is 31.2. The molecule has 3 amide bonds. The number of nitrogens with zero attached hydrogens (tertiary/aromatic N) is 3. The van der Waals surface area contributed by atoms with Gasteiger partial charge in [-0.05, 0) is 76.4 Å². The molecular weight excluding hydrogens is 562 g/mol. The monoisotopic (exact) mass is 605 g/mol. The van der Waals surface area contributed by atoms with E-state index in [2.05, 4.69) is 15.5 Å². The number of anilines is 1. The maximum Gasteiger partial charge on any atom is 0.410 e. The van der Waals surface area contributed by atoms with E-state index in [1.807, 2.05) is 69.0 Å². The Bertz CT molecular complexity index is 1540. The smallest absolute Gasteiger partial charge is 0.410 e. The Labute approximate surface area is 258 Å². The fourth-order valence-electron chi connectivity index (χ4n) is 5.74. The van der Waals surface area contributed by atoms with Gasteiger partial charge in [-0.3, -0.25) is 4.79 Å². The van der Waals surface area contributed by atoms with Crippen LogP contribution in [0.15, 0.2) is 53.3 Å². The predicted octanol–water partition coefficient (Wildman–Crippen LogP) is 4.82. The van der Waals surface area contributed by atoms with Gasteiger partial charge in [0.2, 0.25) is 0 Å². The fourth-order valence-corrected chi connectivity index (χ4v) is 5.74. The van der Waals surface area contributed by atoms with Gasteiger partial charge in [0.05, 0.1) is 11.2 Å². The number of amides is 3. The van der Waals surface area contributed by atoms with Gasteiger partial charge in [0.25, 0.3) is 5.56 Å². The van der Waals surface area contributed by atoms with E-state index in [4.69, 9.17) is 14.2 Å². The highest BCUT2D eigenvalue weighted by atomic mass is 16.6. The highest BCUT2D eigenvalue weighted by molar-refractivity contribution is 6.00. The number of likely N-dealkylation sites (tertiary alicyclic amines) is 1. The predicted molar refractivity (Wildman–Crippen MR) is 170 cm³/mol. The number of hydrogen-bond donors (Lipinski definition) is 2. The third-order valence-electron chi connectivity index (χ3n) is 7.84. The van der Waals surface area contributed by atoms with Crippen LogP contribution in [0.1, 0.15) is 46.1 Å². The largest absolute Gasteiger partial charge is 0.486 e. The molecule has 0 saturated carbocycles. The summed E-state index contributed by atoms with van der Waals surface area (Å²) in [6.07, 6.45) is 1.24. The number of pyridine rings is 1. The van der Waals surface area contributed by atoms with Crippen molar-refractivity contribution in [3.8, 4) is 11.5 Å². The van der Waals surface area contributed by atoms with Crippen LogP contribution in [-0.2, 0) is 17.8 Å². The Morgan fingerprint density at radius 3 is 2.48 bits per heavy atom. The molecular formula is C33H43N5O6. The van der Waals surface area contributed by atoms with Crippen molar-refractivity contribution in [2.24, 2.45) is 0 Å². The van der Waals surface area contributed by atoms with Crippen LogP contribution in [0.2, 0.25) is 0 Å². The van der Waals surface area contributed by atoms with Crippen molar-refractivity contribution >= 4 is 28.7 Å². The molecule has 11 heteroatoms. The molecule has 44 heavy (non-hydrogen) atoms. The number of benzene rings is 2. The van der Waals surface area contributed by atoms with E-state index < -0.39 is 5.60 Å². The molecule has 5 rings (SSSR count). The van der Waals surface area contributed by atoms with E-state index >= 15 is 0 Å². The number of piperidine rings is 1. The lowest BCUT2D eigenvalue weighted by Crippen LogP contribution is -2.49. The number of nitrogens with one attached hydrogen (secondary N) is 2. The molecule has 11 nitrogen and oxygen atoms in total. The van der Waals surface area contributed by atoms with Crippen LogP contribution >= 0.6 is 0 Å².